The lowest BCUT2D eigenvalue weighted by Crippen LogP contribution is -1.99. The quantitative estimate of drug-likeness (QED) is 0.433. The van der Waals surface area contributed by atoms with Crippen LogP contribution >= 0.6 is 11.3 Å². The molecule has 4 aromatic rings. The van der Waals surface area contributed by atoms with Crippen molar-refractivity contribution in [3.63, 3.8) is 0 Å². The summed E-state index contributed by atoms with van der Waals surface area (Å²) in [5.41, 5.74) is 0.810. The van der Waals surface area contributed by atoms with Gasteiger partial charge in [0.1, 0.15) is 7.85 Å². The Morgan fingerprint density at radius 3 is 2.78 bits per heavy atom. The number of hydrogen-bond donors (Lipinski definition) is 0. The maximum atomic E-state index is 5.84. The summed E-state index contributed by atoms with van der Waals surface area (Å²) in [6.45, 7) is 0. The Kier molecular flexibility index (Phi) is 2.00. The minimum atomic E-state index is 0.810. The van der Waals surface area contributed by atoms with Gasteiger partial charge in [-0.1, -0.05) is 35.8 Å². The number of rotatable bonds is 0. The van der Waals surface area contributed by atoms with Gasteiger partial charge >= 0.3 is 0 Å². The Hall–Kier alpha value is -1.87. The highest BCUT2D eigenvalue weighted by Gasteiger charge is 2.07. The molecule has 18 heavy (non-hydrogen) atoms. The van der Waals surface area contributed by atoms with Gasteiger partial charge in [-0.25, -0.2) is 0 Å². The molecule has 0 amide bonds. The zero-order valence-corrected chi connectivity index (χ0v) is 10.4. The minimum Gasteiger partial charge on any atom is -0.264 e. The molecule has 0 fully saturated rings. The zero-order chi connectivity index (χ0) is 12.1. The summed E-state index contributed by atoms with van der Waals surface area (Å²) in [6.07, 6.45) is 3.79. The Morgan fingerprint density at radius 2 is 1.83 bits per heavy atom. The molecule has 2 aromatic heterocycles. The third kappa shape index (κ3) is 1.31. The normalized spacial score (nSPS) is 11.6. The van der Waals surface area contributed by atoms with Crippen LogP contribution < -0.4 is 5.46 Å². The lowest BCUT2D eigenvalue weighted by atomic mass is 9.93. The van der Waals surface area contributed by atoms with E-state index in [0.717, 1.165) is 5.46 Å². The molecule has 0 saturated heterocycles. The van der Waals surface area contributed by atoms with Gasteiger partial charge < -0.3 is 0 Å². The smallest absolute Gasteiger partial charge is 0.113 e. The van der Waals surface area contributed by atoms with Crippen LogP contribution in [0.1, 0.15) is 0 Å². The van der Waals surface area contributed by atoms with Crippen LogP contribution in [-0.2, 0) is 0 Å². The number of fused-ring (bicyclic) bond motifs is 5. The Bertz CT molecular complexity index is 895. The SMILES string of the molecule is [B]c1ccc2c(ccc3c4cnccc4sc23)c1. The predicted molar refractivity (Wildman–Crippen MR) is 80.0 cm³/mol. The molecule has 2 heterocycles. The molecular weight excluding hydrogens is 237 g/mol. The lowest BCUT2D eigenvalue weighted by Gasteiger charge is -2.01. The van der Waals surface area contributed by atoms with Crippen LogP contribution in [-0.4, -0.2) is 12.8 Å². The summed E-state index contributed by atoms with van der Waals surface area (Å²) in [5.74, 6) is 0. The van der Waals surface area contributed by atoms with Crippen molar-refractivity contribution in [3.05, 3.63) is 48.8 Å². The Balaban J connectivity index is 2.28. The minimum absolute atomic E-state index is 0.810. The van der Waals surface area contributed by atoms with Crippen LogP contribution in [0.15, 0.2) is 48.8 Å². The van der Waals surface area contributed by atoms with Crippen molar-refractivity contribution in [1.82, 2.24) is 4.98 Å². The van der Waals surface area contributed by atoms with E-state index < -0.39 is 0 Å². The van der Waals surface area contributed by atoms with Crippen molar-refractivity contribution >= 4 is 55.6 Å². The highest BCUT2D eigenvalue weighted by Crippen LogP contribution is 2.37. The van der Waals surface area contributed by atoms with Gasteiger partial charge in [0.25, 0.3) is 0 Å². The van der Waals surface area contributed by atoms with Gasteiger partial charge in [0.2, 0.25) is 0 Å². The number of aromatic nitrogens is 1. The molecule has 0 aliphatic heterocycles. The molecule has 2 aromatic carbocycles. The zero-order valence-electron chi connectivity index (χ0n) is 9.55. The number of benzene rings is 2. The van der Waals surface area contributed by atoms with Gasteiger partial charge in [0, 0.05) is 32.6 Å². The van der Waals surface area contributed by atoms with Crippen molar-refractivity contribution in [2.24, 2.45) is 0 Å². The second kappa shape index (κ2) is 3.56. The van der Waals surface area contributed by atoms with E-state index in [1.807, 2.05) is 35.9 Å². The number of thiophene rings is 1. The van der Waals surface area contributed by atoms with Gasteiger partial charge in [-0.2, -0.15) is 0 Å². The van der Waals surface area contributed by atoms with Crippen LogP contribution in [0.4, 0.5) is 0 Å². The summed E-state index contributed by atoms with van der Waals surface area (Å²) in [4.78, 5) is 4.22. The van der Waals surface area contributed by atoms with Crippen molar-refractivity contribution < 1.29 is 0 Å². The lowest BCUT2D eigenvalue weighted by molar-refractivity contribution is 1.37. The fourth-order valence-electron chi connectivity index (χ4n) is 2.42. The predicted octanol–water partition coefficient (Wildman–Crippen LogP) is 3.40. The largest absolute Gasteiger partial charge is 0.264 e. The van der Waals surface area contributed by atoms with E-state index in [0.29, 0.717) is 0 Å². The highest BCUT2D eigenvalue weighted by molar-refractivity contribution is 7.26. The summed E-state index contributed by atoms with van der Waals surface area (Å²) in [6, 6.07) is 12.5. The number of pyridine rings is 1. The molecule has 0 atom stereocenters. The van der Waals surface area contributed by atoms with E-state index in [1.54, 1.807) is 0 Å². The van der Waals surface area contributed by atoms with E-state index in [2.05, 4.69) is 29.2 Å². The first-order valence-electron chi connectivity index (χ1n) is 5.77. The monoisotopic (exact) mass is 245 g/mol. The van der Waals surface area contributed by atoms with E-state index in [9.17, 15) is 0 Å². The van der Waals surface area contributed by atoms with Crippen LogP contribution in [0, 0.1) is 0 Å². The fourth-order valence-corrected chi connectivity index (χ4v) is 3.63. The molecule has 0 N–H and O–H groups in total. The first-order chi connectivity index (χ1) is 8.83. The molecular formula is C15H8BNS. The molecule has 0 saturated carbocycles. The Morgan fingerprint density at radius 1 is 0.944 bits per heavy atom. The van der Waals surface area contributed by atoms with Gasteiger partial charge in [0.05, 0.1) is 0 Å². The maximum Gasteiger partial charge on any atom is 0.113 e. The molecule has 0 aliphatic rings. The van der Waals surface area contributed by atoms with Crippen molar-refractivity contribution in [1.29, 1.82) is 0 Å². The molecule has 1 nitrogen and oxygen atoms in total. The maximum absolute atomic E-state index is 5.84. The van der Waals surface area contributed by atoms with Crippen LogP contribution in [0.25, 0.3) is 30.9 Å². The molecule has 0 spiro atoms. The van der Waals surface area contributed by atoms with Gasteiger partial charge in [-0.15, -0.1) is 11.3 Å². The molecule has 3 heteroatoms. The standard InChI is InChI=1S/C15H8BNS/c16-10-2-4-11-9(7-10)1-3-12-13-8-17-6-5-14(13)18-15(11)12/h1-8H. The Labute approximate surface area is 109 Å². The molecule has 0 aliphatic carbocycles. The van der Waals surface area contributed by atoms with Crippen LogP contribution in [0.3, 0.4) is 0 Å². The third-order valence-electron chi connectivity index (χ3n) is 3.28. The van der Waals surface area contributed by atoms with Crippen molar-refractivity contribution in [2.45, 2.75) is 0 Å². The van der Waals surface area contributed by atoms with Crippen molar-refractivity contribution in [2.75, 3.05) is 0 Å². The molecule has 0 unspecified atom stereocenters. The van der Waals surface area contributed by atoms with Crippen molar-refractivity contribution in [3.8, 4) is 0 Å². The molecule has 4 rings (SSSR count). The first kappa shape index (κ1) is 10.1. The summed E-state index contributed by atoms with van der Waals surface area (Å²) in [5, 5.41) is 4.97. The average molecular weight is 245 g/mol. The topological polar surface area (TPSA) is 12.9 Å². The van der Waals surface area contributed by atoms with Gasteiger partial charge in [-0.05, 0) is 16.8 Å². The second-order valence-corrected chi connectivity index (χ2v) is 5.45. The summed E-state index contributed by atoms with van der Waals surface area (Å²) >= 11 is 1.82. The fraction of sp³-hybridized carbons (Fsp3) is 0. The average Bonchev–Trinajstić information content (AvgIpc) is 2.77. The van der Waals surface area contributed by atoms with Gasteiger partial charge in [-0.3, -0.25) is 4.98 Å². The number of nitrogens with zero attached hydrogens (tertiary/aromatic N) is 1. The first-order valence-corrected chi connectivity index (χ1v) is 6.59. The van der Waals surface area contributed by atoms with E-state index in [-0.39, 0.29) is 0 Å². The summed E-state index contributed by atoms with van der Waals surface area (Å²) < 4.78 is 2.60. The van der Waals surface area contributed by atoms with Crippen LogP contribution in [0.2, 0.25) is 0 Å². The van der Waals surface area contributed by atoms with Crippen LogP contribution in [0.5, 0.6) is 0 Å². The highest BCUT2D eigenvalue weighted by atomic mass is 32.1. The third-order valence-corrected chi connectivity index (χ3v) is 4.50. The summed E-state index contributed by atoms with van der Waals surface area (Å²) in [7, 11) is 5.84. The molecule has 2 radical (unpaired) electrons. The van der Waals surface area contributed by atoms with E-state index >= 15 is 0 Å². The molecule has 0 bridgehead atoms. The second-order valence-electron chi connectivity index (χ2n) is 4.40. The van der Waals surface area contributed by atoms with E-state index in [4.69, 9.17) is 7.85 Å². The van der Waals surface area contributed by atoms with Gasteiger partial charge in [0.15, 0.2) is 0 Å². The van der Waals surface area contributed by atoms with E-state index in [1.165, 1.54) is 30.9 Å². The molecule has 82 valence electrons. The number of hydrogen-bond acceptors (Lipinski definition) is 2.